The lowest BCUT2D eigenvalue weighted by molar-refractivity contribution is -0.115. The third-order valence-corrected chi connectivity index (χ3v) is 5.87. The average molecular weight is 452 g/mol. The first-order valence-corrected chi connectivity index (χ1v) is 10.8. The standard InChI is InChI=1S/C25H23F3N4O/c1-33-21-10-8-20(9-11-21)32-13-19-12-29-24(30-15-25(26,27)28)31-23(19)22(14-32)18-6-4-17(5-7-18)16-2-3-16/h4-12,14,16H,2-3,13,15H2,1H3,(H,29,30,31). The third-order valence-electron chi connectivity index (χ3n) is 5.87. The summed E-state index contributed by atoms with van der Waals surface area (Å²) in [5.74, 6) is 1.37. The Kier molecular flexibility index (Phi) is 5.44. The van der Waals surface area contributed by atoms with Crippen LogP contribution in [0.3, 0.4) is 0 Å². The van der Waals surface area contributed by atoms with Crippen molar-refractivity contribution in [2.75, 3.05) is 23.9 Å². The van der Waals surface area contributed by atoms with E-state index in [1.165, 1.54) is 18.4 Å². The number of hydrogen-bond acceptors (Lipinski definition) is 5. The Balaban J connectivity index is 1.52. The maximum absolute atomic E-state index is 12.7. The fraction of sp³-hybridized carbons (Fsp3) is 0.280. The fourth-order valence-electron chi connectivity index (χ4n) is 3.97. The van der Waals surface area contributed by atoms with Crippen molar-refractivity contribution in [3.8, 4) is 5.75 Å². The fourth-order valence-corrected chi connectivity index (χ4v) is 3.97. The Labute approximate surface area is 189 Å². The SMILES string of the molecule is COc1ccc(N2C=C(c3ccc(C4CC4)cc3)c3nc(NCC(F)(F)F)ncc3C2)cc1. The first kappa shape index (κ1) is 21.3. The quantitative estimate of drug-likeness (QED) is 0.516. The number of halogens is 3. The molecule has 1 fully saturated rings. The van der Waals surface area contributed by atoms with Crippen LogP contribution in [0.25, 0.3) is 5.57 Å². The first-order chi connectivity index (χ1) is 15.9. The van der Waals surface area contributed by atoms with Gasteiger partial charge in [0, 0.05) is 29.2 Å². The van der Waals surface area contributed by atoms with Crippen LogP contribution in [0.1, 0.15) is 41.1 Å². The van der Waals surface area contributed by atoms with E-state index in [0.29, 0.717) is 18.2 Å². The molecule has 0 bridgehead atoms. The van der Waals surface area contributed by atoms with E-state index in [-0.39, 0.29) is 5.95 Å². The Morgan fingerprint density at radius 3 is 2.42 bits per heavy atom. The minimum atomic E-state index is -4.35. The average Bonchev–Trinajstić information content (AvgIpc) is 3.67. The van der Waals surface area contributed by atoms with Crippen LogP contribution in [0.2, 0.25) is 0 Å². The number of anilines is 2. The van der Waals surface area contributed by atoms with Crippen LogP contribution < -0.4 is 15.0 Å². The van der Waals surface area contributed by atoms with Gasteiger partial charge in [-0.05, 0) is 54.2 Å². The Hall–Kier alpha value is -3.55. The van der Waals surface area contributed by atoms with Crippen molar-refractivity contribution < 1.29 is 17.9 Å². The second kappa shape index (κ2) is 8.42. The number of nitrogens with zero attached hydrogens (tertiary/aromatic N) is 3. The maximum Gasteiger partial charge on any atom is 0.405 e. The lowest BCUT2D eigenvalue weighted by atomic mass is 9.95. The van der Waals surface area contributed by atoms with Gasteiger partial charge in [-0.2, -0.15) is 13.2 Å². The van der Waals surface area contributed by atoms with Crippen LogP contribution >= 0.6 is 0 Å². The summed E-state index contributed by atoms with van der Waals surface area (Å²) in [5.41, 5.74) is 5.56. The van der Waals surface area contributed by atoms with Gasteiger partial charge >= 0.3 is 6.18 Å². The molecule has 5 rings (SSSR count). The van der Waals surface area contributed by atoms with E-state index in [1.54, 1.807) is 13.3 Å². The molecule has 5 nitrogen and oxygen atoms in total. The highest BCUT2D eigenvalue weighted by Gasteiger charge is 2.28. The van der Waals surface area contributed by atoms with Crippen molar-refractivity contribution in [3.05, 3.63) is 83.3 Å². The summed E-state index contributed by atoms with van der Waals surface area (Å²) in [6, 6.07) is 16.1. The summed E-state index contributed by atoms with van der Waals surface area (Å²) in [6.45, 7) is -0.677. The van der Waals surface area contributed by atoms with Crippen LogP contribution in [0.5, 0.6) is 5.75 Å². The molecule has 0 atom stereocenters. The van der Waals surface area contributed by atoms with Gasteiger partial charge in [-0.3, -0.25) is 0 Å². The number of methoxy groups -OCH3 is 1. The van der Waals surface area contributed by atoms with Crippen LogP contribution in [0, 0.1) is 0 Å². The zero-order valence-electron chi connectivity index (χ0n) is 18.1. The smallest absolute Gasteiger partial charge is 0.405 e. The van der Waals surface area contributed by atoms with Crippen molar-refractivity contribution in [2.24, 2.45) is 0 Å². The van der Waals surface area contributed by atoms with E-state index in [9.17, 15) is 13.2 Å². The molecule has 1 N–H and O–H groups in total. The second-order valence-electron chi connectivity index (χ2n) is 8.30. The Bertz CT molecular complexity index is 1170. The molecule has 33 heavy (non-hydrogen) atoms. The van der Waals surface area contributed by atoms with E-state index in [2.05, 4.69) is 44.5 Å². The number of rotatable bonds is 6. The maximum atomic E-state index is 12.7. The zero-order valence-corrected chi connectivity index (χ0v) is 18.1. The van der Waals surface area contributed by atoms with Gasteiger partial charge in [0.15, 0.2) is 0 Å². The molecule has 0 amide bonds. The van der Waals surface area contributed by atoms with Crippen LogP contribution in [0.4, 0.5) is 24.8 Å². The normalized spacial score (nSPS) is 15.6. The van der Waals surface area contributed by atoms with Gasteiger partial charge in [-0.1, -0.05) is 24.3 Å². The minimum absolute atomic E-state index is 0.0375. The molecule has 1 aliphatic heterocycles. The van der Waals surface area contributed by atoms with Gasteiger partial charge in [-0.25, -0.2) is 9.97 Å². The van der Waals surface area contributed by atoms with Gasteiger partial charge < -0.3 is 15.0 Å². The second-order valence-corrected chi connectivity index (χ2v) is 8.30. The van der Waals surface area contributed by atoms with E-state index in [0.717, 1.165) is 28.1 Å². The van der Waals surface area contributed by atoms with Gasteiger partial charge in [0.05, 0.1) is 19.3 Å². The molecule has 170 valence electrons. The van der Waals surface area contributed by atoms with Gasteiger partial charge in [0.25, 0.3) is 0 Å². The largest absolute Gasteiger partial charge is 0.497 e. The number of benzene rings is 2. The summed E-state index contributed by atoms with van der Waals surface area (Å²) in [5, 5.41) is 2.29. The topological polar surface area (TPSA) is 50.3 Å². The predicted molar refractivity (Wildman–Crippen MR) is 121 cm³/mol. The Morgan fingerprint density at radius 2 is 1.79 bits per heavy atom. The minimum Gasteiger partial charge on any atom is -0.497 e. The zero-order chi connectivity index (χ0) is 23.0. The van der Waals surface area contributed by atoms with Gasteiger partial charge in [0.1, 0.15) is 12.3 Å². The van der Waals surface area contributed by atoms with Crippen LogP contribution in [-0.4, -0.2) is 29.8 Å². The van der Waals surface area contributed by atoms with Crippen LogP contribution in [-0.2, 0) is 6.54 Å². The number of hydrogen-bond donors (Lipinski definition) is 1. The molecule has 0 spiro atoms. The lowest BCUT2D eigenvalue weighted by Gasteiger charge is -2.29. The van der Waals surface area contributed by atoms with Crippen molar-refractivity contribution in [3.63, 3.8) is 0 Å². The number of alkyl halides is 3. The van der Waals surface area contributed by atoms with Crippen molar-refractivity contribution >= 4 is 17.2 Å². The van der Waals surface area contributed by atoms with Crippen molar-refractivity contribution in [1.29, 1.82) is 0 Å². The van der Waals surface area contributed by atoms with Crippen LogP contribution in [0.15, 0.2) is 60.9 Å². The van der Waals surface area contributed by atoms with E-state index in [1.807, 2.05) is 30.5 Å². The molecule has 2 heterocycles. The van der Waals surface area contributed by atoms with E-state index >= 15 is 0 Å². The molecular weight excluding hydrogens is 429 g/mol. The summed E-state index contributed by atoms with van der Waals surface area (Å²) < 4.78 is 43.3. The predicted octanol–water partition coefficient (Wildman–Crippen LogP) is 5.75. The number of fused-ring (bicyclic) bond motifs is 1. The lowest BCUT2D eigenvalue weighted by Crippen LogP contribution is -2.25. The molecule has 0 radical (unpaired) electrons. The highest BCUT2D eigenvalue weighted by Crippen LogP contribution is 2.41. The van der Waals surface area contributed by atoms with Gasteiger partial charge in [0.2, 0.25) is 5.95 Å². The van der Waals surface area contributed by atoms with E-state index < -0.39 is 12.7 Å². The highest BCUT2D eigenvalue weighted by atomic mass is 19.4. The number of aromatic nitrogens is 2. The molecule has 2 aliphatic rings. The molecule has 3 aromatic rings. The molecule has 2 aromatic carbocycles. The summed E-state index contributed by atoms with van der Waals surface area (Å²) >= 11 is 0. The molecule has 1 aromatic heterocycles. The monoisotopic (exact) mass is 452 g/mol. The molecule has 1 aliphatic carbocycles. The van der Waals surface area contributed by atoms with Gasteiger partial charge in [-0.15, -0.1) is 0 Å². The highest BCUT2D eigenvalue weighted by molar-refractivity contribution is 5.83. The first-order valence-electron chi connectivity index (χ1n) is 10.8. The van der Waals surface area contributed by atoms with E-state index in [4.69, 9.17) is 4.74 Å². The number of ether oxygens (including phenoxy) is 1. The Morgan fingerprint density at radius 1 is 1.06 bits per heavy atom. The molecule has 0 saturated heterocycles. The van der Waals surface area contributed by atoms with Crippen molar-refractivity contribution in [1.82, 2.24) is 9.97 Å². The number of nitrogens with one attached hydrogen (secondary N) is 1. The molecule has 0 unspecified atom stereocenters. The summed E-state index contributed by atoms with van der Waals surface area (Å²) in [4.78, 5) is 10.7. The molecule has 8 heteroatoms. The molecular formula is C25H23F3N4O. The van der Waals surface area contributed by atoms with Crippen molar-refractivity contribution in [2.45, 2.75) is 31.5 Å². The summed E-state index contributed by atoms with van der Waals surface area (Å²) in [6.07, 6.45) is 1.69. The summed E-state index contributed by atoms with van der Waals surface area (Å²) in [7, 11) is 1.62. The molecule has 1 saturated carbocycles. The third kappa shape index (κ3) is 4.79.